The predicted octanol–water partition coefficient (Wildman–Crippen LogP) is 3.44. The van der Waals surface area contributed by atoms with Gasteiger partial charge in [0.1, 0.15) is 0 Å². The zero-order valence-electron chi connectivity index (χ0n) is 11.8. The maximum atomic E-state index is 12.6. The quantitative estimate of drug-likeness (QED) is 0.745. The van der Waals surface area contributed by atoms with Crippen LogP contribution in [0.25, 0.3) is 10.9 Å². The first-order chi connectivity index (χ1) is 10.1. The molecule has 6 heteroatoms. The van der Waals surface area contributed by atoms with E-state index in [1.807, 2.05) is 18.2 Å². The molecular weight excluding hydrogens is 329 g/mol. The van der Waals surface area contributed by atoms with E-state index in [0.29, 0.717) is 16.7 Å². The first kappa shape index (κ1) is 14.3. The summed E-state index contributed by atoms with van der Waals surface area (Å²) >= 11 is 3.39. The molecule has 106 valence electrons. The third-order valence-electron chi connectivity index (χ3n) is 4.45. The maximum absolute atomic E-state index is 12.6. The van der Waals surface area contributed by atoms with Crippen molar-refractivity contribution in [3.05, 3.63) is 39.4 Å². The van der Waals surface area contributed by atoms with Gasteiger partial charge in [0.2, 0.25) is 0 Å². The lowest BCUT2D eigenvalue weighted by Crippen LogP contribution is -2.32. The lowest BCUT2D eigenvalue weighted by Gasteiger charge is -2.29. The Kier molecular flexibility index (Phi) is 3.86. The summed E-state index contributed by atoms with van der Waals surface area (Å²) in [5.74, 6) is 2.69. The molecule has 1 aliphatic heterocycles. The van der Waals surface area contributed by atoms with Crippen molar-refractivity contribution >= 4 is 33.5 Å². The molecule has 0 amide bonds. The Bertz CT molecular complexity index is 783. The molecule has 1 aliphatic rings. The molecule has 1 aromatic carbocycles. The molecule has 2 aromatic rings. The minimum atomic E-state index is 0.0140. The molecule has 0 spiro atoms. The van der Waals surface area contributed by atoms with Gasteiger partial charge in [0.15, 0.2) is 0 Å². The van der Waals surface area contributed by atoms with Crippen molar-refractivity contribution in [1.82, 2.24) is 9.55 Å². The van der Waals surface area contributed by atoms with Crippen molar-refractivity contribution in [2.75, 3.05) is 0 Å². The first-order valence-corrected chi connectivity index (χ1v) is 7.95. The van der Waals surface area contributed by atoms with E-state index >= 15 is 0 Å². The third kappa shape index (κ3) is 2.63. The number of rotatable bonds is 1. The van der Waals surface area contributed by atoms with Gasteiger partial charge in [-0.05, 0) is 36.9 Å². The van der Waals surface area contributed by atoms with Crippen molar-refractivity contribution in [2.45, 2.75) is 37.9 Å². The molecule has 1 saturated heterocycles. The van der Waals surface area contributed by atoms with Crippen molar-refractivity contribution < 1.29 is 0 Å². The summed E-state index contributed by atoms with van der Waals surface area (Å²) in [6, 6.07) is 5.69. The minimum Gasteiger partial charge on any atom is -0.296 e. The zero-order valence-corrected chi connectivity index (χ0v) is 13.4. The molecular formula is C15H15BBrN3O. The molecule has 0 N–H and O–H groups in total. The number of aromatic nitrogens is 2. The number of nitrogens with zero attached hydrogens (tertiary/aromatic N) is 3. The first-order valence-electron chi connectivity index (χ1n) is 7.16. The highest BCUT2D eigenvalue weighted by Crippen LogP contribution is 2.35. The number of hydrogen-bond donors (Lipinski definition) is 0. The number of benzene rings is 1. The lowest BCUT2D eigenvalue weighted by molar-refractivity contribution is 0.413. The van der Waals surface area contributed by atoms with Crippen LogP contribution in [0.15, 0.2) is 33.8 Å². The fourth-order valence-electron chi connectivity index (χ4n) is 3.18. The van der Waals surface area contributed by atoms with Crippen LogP contribution in [0.4, 0.5) is 0 Å². The van der Waals surface area contributed by atoms with Crippen LogP contribution in [0.2, 0.25) is 12.1 Å². The van der Waals surface area contributed by atoms with E-state index in [-0.39, 0.29) is 18.3 Å². The van der Waals surface area contributed by atoms with Gasteiger partial charge >= 0.3 is 0 Å². The molecule has 0 saturated carbocycles. The van der Waals surface area contributed by atoms with Gasteiger partial charge < -0.3 is 0 Å². The van der Waals surface area contributed by atoms with E-state index in [0.717, 1.165) is 23.6 Å². The monoisotopic (exact) mass is 343 g/mol. The van der Waals surface area contributed by atoms with Crippen LogP contribution in [0, 0.1) is 11.2 Å². The topological polar surface area (TPSA) is 58.7 Å². The van der Waals surface area contributed by atoms with Crippen LogP contribution in [0.5, 0.6) is 0 Å². The highest BCUT2D eigenvalue weighted by atomic mass is 79.9. The summed E-state index contributed by atoms with van der Waals surface area (Å²) in [5.41, 5.74) is 0.726. The zero-order chi connectivity index (χ0) is 15.0. The average Bonchev–Trinajstić information content (AvgIpc) is 2.47. The Morgan fingerprint density at radius 2 is 2.33 bits per heavy atom. The van der Waals surface area contributed by atoms with E-state index in [4.69, 9.17) is 5.26 Å². The van der Waals surface area contributed by atoms with Crippen molar-refractivity contribution in [3.63, 3.8) is 0 Å². The van der Waals surface area contributed by atoms with Crippen LogP contribution < -0.4 is 5.56 Å². The number of hydrogen-bond acceptors (Lipinski definition) is 3. The Hall–Kier alpha value is -1.61. The SMILES string of the molecule is CC1CC(n2cnc3cc(Br)ccc3c2=O)CCB1C#N. The predicted molar refractivity (Wildman–Crippen MR) is 87.6 cm³/mol. The highest BCUT2D eigenvalue weighted by Gasteiger charge is 2.32. The van der Waals surface area contributed by atoms with Gasteiger partial charge in [-0.1, -0.05) is 29.2 Å². The fraction of sp³-hybridized carbons (Fsp3) is 0.400. The summed E-state index contributed by atoms with van der Waals surface area (Å²) in [4.78, 5) is 17.0. The second-order valence-electron chi connectivity index (χ2n) is 5.80. The van der Waals surface area contributed by atoms with E-state index in [1.54, 1.807) is 10.9 Å². The second kappa shape index (κ2) is 5.65. The van der Waals surface area contributed by atoms with Crippen molar-refractivity contribution in [2.24, 2.45) is 0 Å². The maximum Gasteiger partial charge on any atom is 0.270 e. The standard InChI is InChI=1S/C15H15BBrN3O/c1-10-6-12(4-5-16(10)8-18)20-9-19-14-7-11(17)2-3-13(14)15(20)21/h2-3,7,9-10,12H,4-6H2,1H3. The second-order valence-corrected chi connectivity index (χ2v) is 6.71. The summed E-state index contributed by atoms with van der Waals surface area (Å²) in [7, 11) is 0. The lowest BCUT2D eigenvalue weighted by atomic mass is 9.37. The van der Waals surface area contributed by atoms with Crippen LogP contribution in [-0.2, 0) is 0 Å². The Labute approximate surface area is 132 Å². The summed E-state index contributed by atoms with van der Waals surface area (Å²) in [6.45, 7) is 2.21. The normalized spacial score (nSPS) is 22.2. The fourth-order valence-corrected chi connectivity index (χ4v) is 3.53. The van der Waals surface area contributed by atoms with Crippen LogP contribution in [-0.4, -0.2) is 16.3 Å². The smallest absolute Gasteiger partial charge is 0.270 e. The third-order valence-corrected chi connectivity index (χ3v) is 4.94. The van der Waals surface area contributed by atoms with Gasteiger partial charge in [-0.15, -0.1) is 0 Å². The number of halogens is 1. The summed E-state index contributed by atoms with van der Waals surface area (Å²) < 4.78 is 2.67. The Morgan fingerprint density at radius 1 is 1.52 bits per heavy atom. The van der Waals surface area contributed by atoms with Crippen LogP contribution in [0.1, 0.15) is 25.8 Å². The summed E-state index contributed by atoms with van der Waals surface area (Å²) in [6.07, 6.45) is 4.24. The van der Waals surface area contributed by atoms with Crippen molar-refractivity contribution in [3.8, 4) is 5.97 Å². The van der Waals surface area contributed by atoms with Crippen LogP contribution in [0.3, 0.4) is 0 Å². The molecule has 2 unspecified atom stereocenters. The molecule has 2 atom stereocenters. The number of nitriles is 1. The van der Waals surface area contributed by atoms with E-state index in [2.05, 4.69) is 33.8 Å². The Morgan fingerprint density at radius 3 is 3.05 bits per heavy atom. The van der Waals surface area contributed by atoms with E-state index < -0.39 is 0 Å². The van der Waals surface area contributed by atoms with Gasteiger partial charge in [-0.25, -0.2) is 10.2 Å². The van der Waals surface area contributed by atoms with Crippen LogP contribution >= 0.6 is 15.9 Å². The Balaban J connectivity index is 1.99. The molecule has 2 heterocycles. The van der Waals surface area contributed by atoms with E-state index in [9.17, 15) is 4.79 Å². The molecule has 1 aromatic heterocycles. The molecule has 3 rings (SSSR count). The largest absolute Gasteiger partial charge is 0.296 e. The average molecular weight is 344 g/mol. The van der Waals surface area contributed by atoms with Gasteiger partial charge in [-0.3, -0.25) is 9.36 Å². The number of fused-ring (bicyclic) bond motifs is 1. The molecule has 4 nitrogen and oxygen atoms in total. The van der Waals surface area contributed by atoms with Crippen molar-refractivity contribution in [1.29, 1.82) is 5.26 Å². The van der Waals surface area contributed by atoms with Gasteiger partial charge in [0.25, 0.3) is 12.3 Å². The molecule has 1 fully saturated rings. The summed E-state index contributed by atoms with van der Waals surface area (Å²) in [5, 5.41) is 9.75. The highest BCUT2D eigenvalue weighted by molar-refractivity contribution is 9.10. The van der Waals surface area contributed by atoms with Gasteiger partial charge in [0, 0.05) is 16.5 Å². The minimum absolute atomic E-state index is 0.0140. The van der Waals surface area contributed by atoms with Gasteiger partial charge in [-0.2, -0.15) is 0 Å². The molecule has 21 heavy (non-hydrogen) atoms. The van der Waals surface area contributed by atoms with Gasteiger partial charge in [0.05, 0.1) is 17.2 Å². The van der Waals surface area contributed by atoms with E-state index in [1.165, 1.54) is 0 Å². The molecule has 0 radical (unpaired) electrons. The molecule has 0 aliphatic carbocycles. The molecule has 0 bridgehead atoms.